The molecule has 1 N–H and O–H groups in total. The molecule has 0 heterocycles. The predicted octanol–water partition coefficient (Wildman–Crippen LogP) is 2.33. The van der Waals surface area contributed by atoms with Gasteiger partial charge in [0, 0.05) is 24.2 Å². The minimum atomic E-state index is -0.955. The van der Waals surface area contributed by atoms with Crippen LogP contribution >= 0.6 is 0 Å². The molecule has 0 saturated heterocycles. The van der Waals surface area contributed by atoms with Gasteiger partial charge < -0.3 is 29.0 Å². The Hall–Kier alpha value is -3.49. The number of hydrogen-bond donors (Lipinski definition) is 1. The molecule has 0 saturated carbocycles. The Labute approximate surface area is 167 Å². The summed E-state index contributed by atoms with van der Waals surface area (Å²) in [5.74, 6) is -0.618. The number of esters is 1. The van der Waals surface area contributed by atoms with E-state index in [1.165, 1.54) is 40.6 Å². The van der Waals surface area contributed by atoms with Gasteiger partial charge in [0.25, 0.3) is 5.91 Å². The molecule has 2 aromatic rings. The minimum absolute atomic E-state index is 0.0941. The lowest BCUT2D eigenvalue weighted by Crippen LogP contribution is -2.28. The number of carbonyl (C=O) groups is 2. The number of carbonyl (C=O) groups excluding carboxylic acids is 2. The molecule has 8 nitrogen and oxygen atoms in total. The van der Waals surface area contributed by atoms with Crippen LogP contribution in [0.2, 0.25) is 0 Å². The summed E-state index contributed by atoms with van der Waals surface area (Å²) < 4.78 is 39.3. The summed E-state index contributed by atoms with van der Waals surface area (Å²) in [5.41, 5.74) is 0.339. The fraction of sp³-hybridized carbons (Fsp3) is 0.300. The summed E-state index contributed by atoms with van der Waals surface area (Å²) in [5, 5.41) is 2.60. The zero-order valence-corrected chi connectivity index (χ0v) is 16.5. The molecule has 0 aliphatic rings. The van der Waals surface area contributed by atoms with Gasteiger partial charge in [-0.25, -0.2) is 9.18 Å². The van der Waals surface area contributed by atoms with Crippen LogP contribution in [-0.4, -0.2) is 46.9 Å². The van der Waals surface area contributed by atoms with Gasteiger partial charge in [-0.1, -0.05) is 0 Å². The van der Waals surface area contributed by atoms with Gasteiger partial charge in [-0.15, -0.1) is 0 Å². The van der Waals surface area contributed by atoms with E-state index in [1.807, 2.05) is 0 Å². The number of halogens is 1. The van der Waals surface area contributed by atoms with E-state index in [4.69, 9.17) is 23.7 Å². The van der Waals surface area contributed by atoms with E-state index >= 15 is 0 Å². The van der Waals surface area contributed by atoms with Gasteiger partial charge in [-0.2, -0.15) is 0 Å². The van der Waals surface area contributed by atoms with Crippen LogP contribution in [0.15, 0.2) is 30.3 Å². The van der Waals surface area contributed by atoms with Crippen molar-refractivity contribution in [3.05, 3.63) is 47.3 Å². The molecule has 0 aromatic heterocycles. The number of rotatable bonds is 9. The molecule has 156 valence electrons. The van der Waals surface area contributed by atoms with Crippen molar-refractivity contribution in [1.29, 1.82) is 0 Å². The van der Waals surface area contributed by atoms with Gasteiger partial charge in [-0.05, 0) is 18.2 Å². The molecule has 2 rings (SSSR count). The van der Waals surface area contributed by atoms with Crippen LogP contribution in [0.4, 0.5) is 4.39 Å². The maximum absolute atomic E-state index is 13.9. The van der Waals surface area contributed by atoms with Crippen LogP contribution in [0.3, 0.4) is 0 Å². The molecule has 0 radical (unpaired) electrons. The lowest BCUT2D eigenvalue weighted by Gasteiger charge is -2.14. The predicted molar refractivity (Wildman–Crippen MR) is 101 cm³/mol. The molecule has 0 unspecified atom stereocenters. The maximum Gasteiger partial charge on any atom is 0.341 e. The van der Waals surface area contributed by atoms with Crippen LogP contribution in [-0.2, 0) is 16.1 Å². The topological polar surface area (TPSA) is 92.3 Å². The highest BCUT2D eigenvalue weighted by molar-refractivity contribution is 5.91. The first kappa shape index (κ1) is 21.8. The summed E-state index contributed by atoms with van der Waals surface area (Å²) in [4.78, 5) is 24.0. The summed E-state index contributed by atoms with van der Waals surface area (Å²) in [6.07, 6.45) is 0. The van der Waals surface area contributed by atoms with Crippen LogP contribution < -0.4 is 24.3 Å². The normalized spacial score (nSPS) is 10.1. The van der Waals surface area contributed by atoms with Crippen LogP contribution in [0, 0.1) is 5.82 Å². The fourth-order valence-corrected chi connectivity index (χ4v) is 2.47. The van der Waals surface area contributed by atoms with Gasteiger partial charge in [0.2, 0.25) is 0 Å². The van der Waals surface area contributed by atoms with E-state index < -0.39 is 24.3 Å². The molecule has 2 aromatic carbocycles. The number of amides is 1. The van der Waals surface area contributed by atoms with Crippen molar-refractivity contribution in [3.8, 4) is 23.0 Å². The standard InChI is InChI=1S/C20H22FNO7/c1-25-13-5-6-14(15(21)8-13)20(24)29-11-19(23)22-10-12-7-17(27-3)18(28-4)9-16(12)26-2/h5-9H,10-11H2,1-4H3,(H,22,23). The molecular weight excluding hydrogens is 385 g/mol. The van der Waals surface area contributed by atoms with Crippen molar-refractivity contribution in [2.75, 3.05) is 35.0 Å². The molecule has 0 atom stereocenters. The second-order valence-corrected chi connectivity index (χ2v) is 5.72. The highest BCUT2D eigenvalue weighted by Crippen LogP contribution is 2.34. The number of hydrogen-bond acceptors (Lipinski definition) is 7. The number of methoxy groups -OCH3 is 4. The second-order valence-electron chi connectivity index (χ2n) is 5.72. The van der Waals surface area contributed by atoms with Crippen molar-refractivity contribution in [2.45, 2.75) is 6.54 Å². The van der Waals surface area contributed by atoms with Crippen molar-refractivity contribution in [3.63, 3.8) is 0 Å². The van der Waals surface area contributed by atoms with E-state index in [0.29, 0.717) is 22.8 Å². The quantitative estimate of drug-likeness (QED) is 0.638. The van der Waals surface area contributed by atoms with E-state index in [0.717, 1.165) is 6.07 Å². The smallest absolute Gasteiger partial charge is 0.341 e. The molecule has 0 spiro atoms. The average Bonchev–Trinajstić information content (AvgIpc) is 2.74. The van der Waals surface area contributed by atoms with E-state index in [1.54, 1.807) is 12.1 Å². The van der Waals surface area contributed by atoms with Crippen LogP contribution in [0.25, 0.3) is 0 Å². The minimum Gasteiger partial charge on any atom is -0.497 e. The first-order valence-corrected chi connectivity index (χ1v) is 8.49. The third-order valence-electron chi connectivity index (χ3n) is 3.99. The monoisotopic (exact) mass is 407 g/mol. The van der Waals surface area contributed by atoms with Crippen molar-refractivity contribution in [1.82, 2.24) is 5.32 Å². The van der Waals surface area contributed by atoms with Gasteiger partial charge in [-0.3, -0.25) is 4.79 Å². The molecule has 0 aliphatic heterocycles. The molecular formula is C20H22FNO7. The van der Waals surface area contributed by atoms with Crippen LogP contribution in [0.1, 0.15) is 15.9 Å². The third kappa shape index (κ3) is 5.50. The number of benzene rings is 2. The molecule has 1 amide bonds. The van der Waals surface area contributed by atoms with E-state index in [9.17, 15) is 14.0 Å². The van der Waals surface area contributed by atoms with Crippen LogP contribution in [0.5, 0.6) is 23.0 Å². The van der Waals surface area contributed by atoms with Gasteiger partial charge in [0.15, 0.2) is 18.1 Å². The van der Waals surface area contributed by atoms with Gasteiger partial charge in [0.05, 0.1) is 34.0 Å². The molecule has 0 fully saturated rings. The Morgan fingerprint density at radius 3 is 2.14 bits per heavy atom. The SMILES string of the molecule is COc1ccc(C(=O)OCC(=O)NCc2cc(OC)c(OC)cc2OC)c(F)c1. The zero-order chi connectivity index (χ0) is 21.4. The second kappa shape index (κ2) is 10.2. The largest absolute Gasteiger partial charge is 0.497 e. The third-order valence-corrected chi connectivity index (χ3v) is 3.99. The molecule has 0 bridgehead atoms. The fourth-order valence-electron chi connectivity index (χ4n) is 2.47. The van der Waals surface area contributed by atoms with Gasteiger partial charge in [0.1, 0.15) is 17.3 Å². The zero-order valence-electron chi connectivity index (χ0n) is 16.5. The summed E-state index contributed by atoms with van der Waals surface area (Å²) in [6.45, 7) is -0.475. The highest BCUT2D eigenvalue weighted by atomic mass is 19.1. The molecule has 9 heteroatoms. The summed E-state index contributed by atoms with van der Waals surface area (Å²) >= 11 is 0. The lowest BCUT2D eigenvalue weighted by molar-refractivity contribution is -0.124. The summed E-state index contributed by atoms with van der Waals surface area (Å²) in [6, 6.07) is 7.00. The Balaban J connectivity index is 1.96. The Kier molecular flexibility index (Phi) is 7.64. The Morgan fingerprint density at radius 1 is 0.897 bits per heavy atom. The molecule has 29 heavy (non-hydrogen) atoms. The lowest BCUT2D eigenvalue weighted by atomic mass is 10.1. The number of ether oxygens (including phenoxy) is 5. The van der Waals surface area contributed by atoms with E-state index in [2.05, 4.69) is 5.32 Å². The number of nitrogens with one attached hydrogen (secondary N) is 1. The van der Waals surface area contributed by atoms with Crippen molar-refractivity contribution < 1.29 is 37.7 Å². The van der Waals surface area contributed by atoms with Crippen molar-refractivity contribution >= 4 is 11.9 Å². The van der Waals surface area contributed by atoms with Crippen molar-refractivity contribution in [2.24, 2.45) is 0 Å². The first-order chi connectivity index (χ1) is 13.9. The Morgan fingerprint density at radius 2 is 1.55 bits per heavy atom. The summed E-state index contributed by atoms with van der Waals surface area (Å²) in [7, 11) is 5.85. The van der Waals surface area contributed by atoms with E-state index in [-0.39, 0.29) is 17.9 Å². The Bertz CT molecular complexity index is 885. The van der Waals surface area contributed by atoms with Gasteiger partial charge >= 0.3 is 5.97 Å². The first-order valence-electron chi connectivity index (χ1n) is 8.49. The maximum atomic E-state index is 13.9. The molecule has 0 aliphatic carbocycles. The highest BCUT2D eigenvalue weighted by Gasteiger charge is 2.17. The average molecular weight is 407 g/mol.